The molecule has 0 saturated carbocycles. The molecule has 0 bridgehead atoms. The maximum absolute atomic E-state index is 14.1. The SMILES string of the molecule is O=C(Cc1c[nH]c2ccc(O)cc12)N[C@@H](Cc1cc(F)cc(F)c1)c1ncccc1-c1cccc(C2=N[NH2+]NN2)c1. The fourth-order valence-corrected chi connectivity index (χ4v) is 5.06. The molecule has 1 atom stereocenters. The van der Waals surface area contributed by atoms with Gasteiger partial charge in [-0.15, -0.1) is 5.53 Å². The van der Waals surface area contributed by atoms with E-state index in [-0.39, 0.29) is 24.5 Å². The Balaban J connectivity index is 1.35. The van der Waals surface area contributed by atoms with Crippen LogP contribution in [0.3, 0.4) is 0 Å². The number of amidine groups is 1. The first-order valence-electron chi connectivity index (χ1n) is 12.9. The number of hydrazine groups is 1. The lowest BCUT2D eigenvalue weighted by molar-refractivity contribution is -0.713. The minimum Gasteiger partial charge on any atom is -0.508 e. The monoisotopic (exact) mass is 554 g/mol. The zero-order valence-electron chi connectivity index (χ0n) is 21.7. The number of pyridine rings is 1. The van der Waals surface area contributed by atoms with E-state index in [0.717, 1.165) is 33.7 Å². The van der Waals surface area contributed by atoms with Crippen molar-refractivity contribution in [1.29, 1.82) is 0 Å². The van der Waals surface area contributed by atoms with Crippen molar-refractivity contribution in [3.63, 3.8) is 0 Å². The van der Waals surface area contributed by atoms with Crippen LogP contribution in [0.4, 0.5) is 8.78 Å². The van der Waals surface area contributed by atoms with Gasteiger partial charge in [-0.3, -0.25) is 15.2 Å². The van der Waals surface area contributed by atoms with Crippen molar-refractivity contribution in [2.45, 2.75) is 18.9 Å². The molecule has 0 aliphatic carbocycles. The van der Waals surface area contributed by atoms with Crippen LogP contribution in [0.2, 0.25) is 0 Å². The molecular weight excluding hydrogens is 528 g/mol. The number of H-pyrrole nitrogens is 1. The van der Waals surface area contributed by atoms with Crippen molar-refractivity contribution in [3.8, 4) is 16.9 Å². The summed E-state index contributed by atoms with van der Waals surface area (Å²) in [4.78, 5) is 21.2. The number of rotatable bonds is 8. The van der Waals surface area contributed by atoms with Crippen LogP contribution in [0.25, 0.3) is 22.0 Å². The molecule has 41 heavy (non-hydrogen) atoms. The average Bonchev–Trinajstić information content (AvgIpc) is 3.63. The van der Waals surface area contributed by atoms with E-state index in [4.69, 9.17) is 0 Å². The van der Waals surface area contributed by atoms with Gasteiger partial charge in [0.25, 0.3) is 0 Å². The van der Waals surface area contributed by atoms with E-state index in [1.165, 1.54) is 12.1 Å². The molecule has 3 heterocycles. The lowest BCUT2D eigenvalue weighted by atomic mass is 9.94. The van der Waals surface area contributed by atoms with Crippen molar-refractivity contribution < 1.29 is 24.2 Å². The van der Waals surface area contributed by atoms with Crippen LogP contribution in [0.5, 0.6) is 5.75 Å². The molecule has 0 fully saturated rings. The number of halogens is 2. The summed E-state index contributed by atoms with van der Waals surface area (Å²) in [5, 5.41) is 18.0. The van der Waals surface area contributed by atoms with Crippen molar-refractivity contribution in [2.24, 2.45) is 5.10 Å². The summed E-state index contributed by atoms with van der Waals surface area (Å²) in [6, 6.07) is 18.9. The van der Waals surface area contributed by atoms with Crippen molar-refractivity contribution in [3.05, 3.63) is 119 Å². The number of quaternary nitrogens is 1. The van der Waals surface area contributed by atoms with Crippen LogP contribution in [-0.2, 0) is 17.6 Å². The molecule has 5 aromatic rings. The molecule has 1 aliphatic heterocycles. The molecule has 0 radical (unpaired) electrons. The molecule has 3 aromatic carbocycles. The molecule has 1 aliphatic rings. The largest absolute Gasteiger partial charge is 0.508 e. The summed E-state index contributed by atoms with van der Waals surface area (Å²) in [5.74, 6) is -0.965. The summed E-state index contributed by atoms with van der Waals surface area (Å²) in [6.07, 6.45) is 3.47. The lowest BCUT2D eigenvalue weighted by Crippen LogP contribution is -2.87. The van der Waals surface area contributed by atoms with Crippen LogP contribution in [0.15, 0.2) is 90.3 Å². The predicted molar refractivity (Wildman–Crippen MR) is 149 cm³/mol. The van der Waals surface area contributed by atoms with Crippen molar-refractivity contribution >= 4 is 22.6 Å². The first kappa shape index (κ1) is 26.1. The number of benzene rings is 3. The molecule has 2 aromatic heterocycles. The Morgan fingerprint density at radius 1 is 1.00 bits per heavy atom. The van der Waals surface area contributed by atoms with E-state index in [1.807, 2.05) is 30.3 Å². The Hall–Kier alpha value is -5.13. The minimum absolute atomic E-state index is 0.0180. The van der Waals surface area contributed by atoms with Gasteiger partial charge in [0.1, 0.15) is 17.4 Å². The number of hydrogen-bond donors (Lipinski definition) is 6. The Morgan fingerprint density at radius 3 is 2.63 bits per heavy atom. The van der Waals surface area contributed by atoms with E-state index in [0.29, 0.717) is 22.7 Å². The van der Waals surface area contributed by atoms with Gasteiger partial charge in [-0.1, -0.05) is 29.8 Å². The van der Waals surface area contributed by atoms with Crippen molar-refractivity contribution in [2.75, 3.05) is 0 Å². The number of aromatic hydroxyl groups is 1. The van der Waals surface area contributed by atoms with Crippen LogP contribution >= 0.6 is 0 Å². The Bertz CT molecular complexity index is 1770. The third-order valence-corrected chi connectivity index (χ3v) is 6.86. The highest BCUT2D eigenvalue weighted by Crippen LogP contribution is 2.30. The Kier molecular flexibility index (Phi) is 7.11. The zero-order valence-corrected chi connectivity index (χ0v) is 21.7. The number of nitrogens with one attached hydrogen (secondary N) is 4. The van der Waals surface area contributed by atoms with Gasteiger partial charge in [-0.2, -0.15) is 0 Å². The first-order chi connectivity index (χ1) is 19.9. The number of nitrogens with zero attached hydrogens (tertiary/aromatic N) is 2. The van der Waals surface area contributed by atoms with Gasteiger partial charge < -0.3 is 15.4 Å². The number of phenols is 1. The third-order valence-electron chi connectivity index (χ3n) is 6.86. The highest BCUT2D eigenvalue weighted by atomic mass is 19.1. The number of fused-ring (bicyclic) bond motifs is 1. The van der Waals surface area contributed by atoms with Gasteiger partial charge >= 0.3 is 0 Å². The standard InChI is InChI=1S/C30H25F2N7O2/c31-21-9-17(10-22(32)14-21)11-27(35-28(41)13-20-16-34-26-7-6-23(40)15-25(20)26)29-24(5-2-8-33-29)18-3-1-4-19(12-18)30-36-38-39-37-30/h1-10,12,14-16,27,34,38-40H,11,13H2,(H,35,41)(H,36,37)/p+1/t27-/m0/s1. The Morgan fingerprint density at radius 2 is 1.83 bits per heavy atom. The smallest absolute Gasteiger partial charge is 0.225 e. The third kappa shape index (κ3) is 5.76. The molecular formula is C30H26F2N7O2+. The van der Waals surface area contributed by atoms with Crippen LogP contribution in [-0.4, -0.2) is 26.8 Å². The molecule has 7 N–H and O–H groups in total. The van der Waals surface area contributed by atoms with Gasteiger partial charge in [-0.25, -0.2) is 8.78 Å². The second kappa shape index (κ2) is 11.2. The number of carbonyl (C=O) groups is 1. The quantitative estimate of drug-likeness (QED) is 0.164. The Labute approximate surface area is 233 Å². The van der Waals surface area contributed by atoms with Crippen molar-refractivity contribution in [1.82, 2.24) is 26.2 Å². The summed E-state index contributed by atoms with van der Waals surface area (Å²) in [7, 11) is 0. The zero-order chi connectivity index (χ0) is 28.3. The summed E-state index contributed by atoms with van der Waals surface area (Å²) >= 11 is 0. The second-order valence-corrected chi connectivity index (χ2v) is 9.72. The molecule has 9 nitrogen and oxygen atoms in total. The number of aromatic nitrogens is 2. The van der Waals surface area contributed by atoms with Gasteiger partial charge in [0, 0.05) is 40.5 Å². The first-order valence-corrected chi connectivity index (χ1v) is 12.9. The second-order valence-electron chi connectivity index (χ2n) is 9.72. The topological polar surface area (TPSA) is 131 Å². The lowest BCUT2D eigenvalue weighted by Gasteiger charge is -2.22. The van der Waals surface area contributed by atoms with E-state index < -0.39 is 17.7 Å². The minimum atomic E-state index is -0.709. The molecule has 1 amide bonds. The highest BCUT2D eigenvalue weighted by Gasteiger charge is 2.23. The van der Waals surface area contributed by atoms with Gasteiger partial charge in [-0.05, 0) is 70.7 Å². The molecule has 6 rings (SSSR count). The maximum atomic E-state index is 14.1. The molecule has 0 spiro atoms. The van der Waals surface area contributed by atoms with Crippen LogP contribution in [0.1, 0.15) is 28.4 Å². The predicted octanol–water partition coefficient (Wildman–Crippen LogP) is 3.10. The summed E-state index contributed by atoms with van der Waals surface area (Å²) < 4.78 is 28.2. The summed E-state index contributed by atoms with van der Waals surface area (Å²) in [5.41, 5.74) is 12.2. The van der Waals surface area contributed by atoms with E-state index in [2.05, 4.69) is 31.3 Å². The fraction of sp³-hybridized carbons (Fsp3) is 0.100. The maximum Gasteiger partial charge on any atom is 0.225 e. The fourth-order valence-electron chi connectivity index (χ4n) is 5.06. The number of nitrogens with two attached hydrogens (primary N) is 1. The van der Waals surface area contributed by atoms with Gasteiger partial charge in [0.05, 0.1) is 18.2 Å². The highest BCUT2D eigenvalue weighted by molar-refractivity contribution is 5.99. The average molecular weight is 555 g/mol. The number of aromatic amines is 1. The molecule has 206 valence electrons. The van der Waals surface area contributed by atoms with Crippen LogP contribution < -0.4 is 21.8 Å². The molecule has 11 heteroatoms. The summed E-state index contributed by atoms with van der Waals surface area (Å²) in [6.45, 7) is 0. The number of amides is 1. The van der Waals surface area contributed by atoms with E-state index in [1.54, 1.807) is 42.2 Å². The molecule has 0 saturated heterocycles. The van der Waals surface area contributed by atoms with E-state index in [9.17, 15) is 18.7 Å². The van der Waals surface area contributed by atoms with Crippen LogP contribution in [0, 0.1) is 11.6 Å². The van der Waals surface area contributed by atoms with Gasteiger partial charge in [0.15, 0.2) is 0 Å². The normalized spacial score (nSPS) is 13.6. The number of phenolic OH excluding ortho intramolecular Hbond substituents is 1. The van der Waals surface area contributed by atoms with E-state index >= 15 is 0 Å². The number of carbonyl (C=O) groups excluding carboxylic acids is 1. The molecule has 0 unspecified atom stereocenters. The van der Waals surface area contributed by atoms with Gasteiger partial charge in [0.2, 0.25) is 11.7 Å². The number of hydrogen-bond acceptors (Lipinski definition) is 6.